The first-order valence-corrected chi connectivity index (χ1v) is 8.62. The number of nitrogens with one attached hydrogen (secondary N) is 1. The van der Waals surface area contributed by atoms with Crippen LogP contribution in [0.3, 0.4) is 0 Å². The van der Waals surface area contributed by atoms with E-state index in [1.807, 2.05) is 39.0 Å². The lowest BCUT2D eigenvalue weighted by Crippen LogP contribution is -2.37. The fraction of sp³-hybridized carbons (Fsp3) is 0.368. The molecule has 0 fully saturated rings. The van der Waals surface area contributed by atoms with Crippen molar-refractivity contribution >= 4 is 17.6 Å². The lowest BCUT2D eigenvalue weighted by molar-refractivity contribution is -0.141. The maximum Gasteiger partial charge on any atom is 0.329 e. The molecule has 0 unspecified atom stereocenters. The van der Waals surface area contributed by atoms with Crippen LogP contribution in [0.1, 0.15) is 40.4 Å². The largest absolute Gasteiger partial charge is 0.457 e. The number of rotatable bonds is 7. The van der Waals surface area contributed by atoms with Gasteiger partial charge < -0.3 is 10.5 Å². The molecule has 27 heavy (non-hydrogen) atoms. The van der Waals surface area contributed by atoms with Gasteiger partial charge in [0.2, 0.25) is 5.78 Å². The molecule has 1 aromatic heterocycles. The molecule has 0 aliphatic heterocycles. The summed E-state index contributed by atoms with van der Waals surface area (Å²) in [6.07, 6.45) is 0.601. The maximum absolute atomic E-state index is 12.3. The van der Waals surface area contributed by atoms with Crippen molar-refractivity contribution in [3.63, 3.8) is 0 Å². The second-order valence-electron chi connectivity index (χ2n) is 6.35. The molecular weight excluding hydrogens is 350 g/mol. The highest BCUT2D eigenvalue weighted by molar-refractivity contribution is 6.01. The van der Waals surface area contributed by atoms with Crippen molar-refractivity contribution in [2.75, 3.05) is 12.3 Å². The van der Waals surface area contributed by atoms with Crippen molar-refractivity contribution in [2.45, 2.75) is 40.2 Å². The van der Waals surface area contributed by atoms with E-state index in [1.165, 1.54) is 0 Å². The number of carbonyl (C=O) groups excluding carboxylic acids is 2. The first-order valence-electron chi connectivity index (χ1n) is 8.62. The number of esters is 1. The molecule has 0 amide bonds. The number of nitrogen functional groups attached to an aromatic ring is 1. The average Bonchev–Trinajstić information content (AvgIpc) is 2.60. The summed E-state index contributed by atoms with van der Waals surface area (Å²) < 4.78 is 6.10. The number of hydrogen-bond acceptors (Lipinski definition) is 6. The van der Waals surface area contributed by atoms with Gasteiger partial charge in [0, 0.05) is 6.54 Å². The van der Waals surface area contributed by atoms with Crippen LogP contribution in [-0.4, -0.2) is 27.9 Å². The van der Waals surface area contributed by atoms with Crippen molar-refractivity contribution in [1.82, 2.24) is 9.55 Å². The molecule has 0 bridgehead atoms. The smallest absolute Gasteiger partial charge is 0.329 e. The Kier molecular flexibility index (Phi) is 6.33. The predicted octanol–water partition coefficient (Wildman–Crippen LogP) is 1.11. The maximum atomic E-state index is 12.3. The molecule has 144 valence electrons. The number of ketones is 1. The number of nitrogens with two attached hydrogens (primary N) is 1. The fourth-order valence-electron chi connectivity index (χ4n) is 2.65. The van der Waals surface area contributed by atoms with E-state index in [1.54, 1.807) is 0 Å². The molecule has 3 N–H and O–H groups in total. The zero-order chi connectivity index (χ0) is 20.1. The first-order chi connectivity index (χ1) is 12.7. The van der Waals surface area contributed by atoms with Crippen LogP contribution in [0.15, 0.2) is 27.8 Å². The highest BCUT2D eigenvalue weighted by Gasteiger charge is 2.20. The highest BCUT2D eigenvalue weighted by atomic mass is 16.5. The van der Waals surface area contributed by atoms with Crippen LogP contribution in [0, 0.1) is 13.8 Å². The van der Waals surface area contributed by atoms with Crippen molar-refractivity contribution in [1.29, 1.82) is 0 Å². The Labute approximate surface area is 156 Å². The third kappa shape index (κ3) is 4.72. The molecule has 0 aliphatic rings. The Hall–Kier alpha value is -3.16. The molecule has 0 atom stereocenters. The van der Waals surface area contributed by atoms with Crippen LogP contribution in [0.4, 0.5) is 5.82 Å². The van der Waals surface area contributed by atoms with E-state index in [0.29, 0.717) is 6.42 Å². The second-order valence-corrected chi connectivity index (χ2v) is 6.35. The van der Waals surface area contributed by atoms with Crippen LogP contribution in [0.5, 0.6) is 0 Å². The Morgan fingerprint density at radius 1 is 1.19 bits per heavy atom. The highest BCUT2D eigenvalue weighted by Crippen LogP contribution is 2.11. The van der Waals surface area contributed by atoms with Gasteiger partial charge in [0.15, 0.2) is 6.61 Å². The number of H-pyrrole nitrogens is 1. The van der Waals surface area contributed by atoms with Gasteiger partial charge in [-0.3, -0.25) is 23.9 Å². The van der Waals surface area contributed by atoms with Gasteiger partial charge in [0.1, 0.15) is 11.4 Å². The zero-order valence-electron chi connectivity index (χ0n) is 15.6. The molecule has 0 saturated heterocycles. The van der Waals surface area contributed by atoms with Gasteiger partial charge in [-0.05, 0) is 37.0 Å². The van der Waals surface area contributed by atoms with Crippen molar-refractivity contribution < 1.29 is 14.3 Å². The molecule has 0 radical (unpaired) electrons. The van der Waals surface area contributed by atoms with E-state index < -0.39 is 29.6 Å². The summed E-state index contributed by atoms with van der Waals surface area (Å²) >= 11 is 0. The molecule has 2 rings (SSSR count). The number of aromatic nitrogens is 2. The standard InChI is InChI=1S/C19H23N3O5/c1-4-7-22-17(20)16(18(25)21-19(22)26)14(23)10-27-15(24)9-13-6-5-11(2)12(3)8-13/h5-6,8H,4,7,9-10,20H2,1-3H3,(H,21,25,26). The molecule has 8 heteroatoms. The number of Topliss-reactive ketones (excluding diaryl/α,β-unsaturated/α-hetero) is 1. The zero-order valence-corrected chi connectivity index (χ0v) is 15.6. The molecule has 0 aliphatic carbocycles. The molecule has 1 aromatic carbocycles. The predicted molar refractivity (Wildman–Crippen MR) is 101 cm³/mol. The summed E-state index contributed by atoms with van der Waals surface area (Å²) in [5.41, 5.74) is 6.80. The summed E-state index contributed by atoms with van der Waals surface area (Å²) in [6, 6.07) is 5.59. The molecular formula is C19H23N3O5. The quantitative estimate of drug-likeness (QED) is 0.553. The summed E-state index contributed by atoms with van der Waals surface area (Å²) in [5.74, 6) is -1.57. The Morgan fingerprint density at radius 3 is 2.52 bits per heavy atom. The lowest BCUT2D eigenvalue weighted by atomic mass is 10.0. The van der Waals surface area contributed by atoms with E-state index in [-0.39, 0.29) is 24.3 Å². The number of anilines is 1. The van der Waals surface area contributed by atoms with Gasteiger partial charge in [-0.15, -0.1) is 0 Å². The van der Waals surface area contributed by atoms with Gasteiger partial charge in [-0.1, -0.05) is 25.1 Å². The van der Waals surface area contributed by atoms with Gasteiger partial charge in [-0.25, -0.2) is 4.79 Å². The fourth-order valence-corrected chi connectivity index (χ4v) is 2.65. The van der Waals surface area contributed by atoms with Gasteiger partial charge in [0.05, 0.1) is 6.42 Å². The lowest BCUT2D eigenvalue weighted by Gasteiger charge is -2.11. The summed E-state index contributed by atoms with van der Waals surface area (Å²) in [5, 5.41) is 0. The minimum absolute atomic E-state index is 0.00950. The number of carbonyl (C=O) groups is 2. The normalized spacial score (nSPS) is 10.6. The number of aromatic amines is 1. The first kappa shape index (κ1) is 20.2. The van der Waals surface area contributed by atoms with Crippen molar-refractivity contribution in [3.05, 3.63) is 61.3 Å². The SMILES string of the molecule is CCCn1c(N)c(C(=O)COC(=O)Cc2ccc(C)c(C)c2)c(=O)[nH]c1=O. The monoisotopic (exact) mass is 373 g/mol. The third-order valence-corrected chi connectivity index (χ3v) is 4.25. The molecule has 8 nitrogen and oxygen atoms in total. The summed E-state index contributed by atoms with van der Waals surface area (Å²) in [4.78, 5) is 50.1. The van der Waals surface area contributed by atoms with Crippen LogP contribution in [-0.2, 0) is 22.5 Å². The molecule has 1 heterocycles. The van der Waals surface area contributed by atoms with Crippen molar-refractivity contribution in [2.24, 2.45) is 0 Å². The molecule has 0 saturated carbocycles. The second kappa shape index (κ2) is 8.48. The molecule has 0 spiro atoms. The van der Waals surface area contributed by atoms with Crippen molar-refractivity contribution in [3.8, 4) is 0 Å². The van der Waals surface area contributed by atoms with Gasteiger partial charge in [-0.2, -0.15) is 0 Å². The number of nitrogens with zero attached hydrogens (tertiary/aromatic N) is 1. The number of aryl methyl sites for hydroxylation is 2. The number of benzene rings is 1. The van der Waals surface area contributed by atoms with Crippen LogP contribution >= 0.6 is 0 Å². The molecule has 2 aromatic rings. The Bertz CT molecular complexity index is 988. The minimum Gasteiger partial charge on any atom is -0.457 e. The Balaban J connectivity index is 2.10. The number of ether oxygens (including phenoxy) is 1. The van der Waals surface area contributed by atoms with E-state index in [0.717, 1.165) is 21.3 Å². The van der Waals surface area contributed by atoms with E-state index in [2.05, 4.69) is 4.98 Å². The van der Waals surface area contributed by atoms with Gasteiger partial charge >= 0.3 is 11.7 Å². The number of hydrogen-bond donors (Lipinski definition) is 2. The van der Waals surface area contributed by atoms with Gasteiger partial charge in [0.25, 0.3) is 5.56 Å². The van der Waals surface area contributed by atoms with E-state index in [9.17, 15) is 19.2 Å². The average molecular weight is 373 g/mol. The van der Waals surface area contributed by atoms with Crippen LogP contribution in [0.2, 0.25) is 0 Å². The van der Waals surface area contributed by atoms with Crippen LogP contribution in [0.25, 0.3) is 0 Å². The summed E-state index contributed by atoms with van der Waals surface area (Å²) in [6.45, 7) is 5.37. The topological polar surface area (TPSA) is 124 Å². The van der Waals surface area contributed by atoms with E-state index >= 15 is 0 Å². The Morgan fingerprint density at radius 2 is 1.89 bits per heavy atom. The third-order valence-electron chi connectivity index (χ3n) is 4.25. The van der Waals surface area contributed by atoms with Crippen LogP contribution < -0.4 is 17.0 Å². The van der Waals surface area contributed by atoms with E-state index in [4.69, 9.17) is 10.5 Å². The minimum atomic E-state index is -0.889. The summed E-state index contributed by atoms with van der Waals surface area (Å²) in [7, 11) is 0.